The van der Waals surface area contributed by atoms with Gasteiger partial charge < -0.3 is 9.42 Å². The molecule has 138 valence electrons. The number of sulfone groups is 1. The summed E-state index contributed by atoms with van der Waals surface area (Å²) in [6, 6.07) is 9.35. The van der Waals surface area contributed by atoms with Crippen LogP contribution in [0.25, 0.3) is 11.4 Å². The number of carbonyl (C=O) groups excluding carboxylic acids is 1. The largest absolute Gasteiger partial charge is 0.337 e. The van der Waals surface area contributed by atoms with E-state index in [4.69, 9.17) is 4.52 Å². The first-order valence-electron chi connectivity index (χ1n) is 8.93. The molecular formula is C18H21N3O4S. The molecule has 2 saturated heterocycles. The molecule has 1 atom stereocenters. The van der Waals surface area contributed by atoms with E-state index in [9.17, 15) is 13.2 Å². The van der Waals surface area contributed by atoms with E-state index in [1.807, 2.05) is 30.3 Å². The fraction of sp³-hybridized carbons (Fsp3) is 0.500. The summed E-state index contributed by atoms with van der Waals surface area (Å²) in [4.78, 5) is 19.2. The molecule has 0 radical (unpaired) electrons. The Kier molecular flexibility index (Phi) is 4.52. The molecule has 1 unspecified atom stereocenters. The van der Waals surface area contributed by atoms with Crippen molar-refractivity contribution >= 4 is 15.7 Å². The van der Waals surface area contributed by atoms with Crippen LogP contribution >= 0.6 is 0 Å². The van der Waals surface area contributed by atoms with Gasteiger partial charge in [-0.05, 0) is 25.7 Å². The molecule has 0 aliphatic carbocycles. The maximum atomic E-state index is 12.9. The van der Waals surface area contributed by atoms with Crippen LogP contribution in [0.15, 0.2) is 34.9 Å². The lowest BCUT2D eigenvalue weighted by atomic mass is 10.0. The fourth-order valence-corrected chi connectivity index (χ4v) is 5.23. The van der Waals surface area contributed by atoms with Crippen LogP contribution in [0.2, 0.25) is 0 Å². The van der Waals surface area contributed by atoms with Crippen molar-refractivity contribution in [3.8, 4) is 11.4 Å². The number of nitrogens with zero attached hydrogens (tertiary/aromatic N) is 3. The maximum absolute atomic E-state index is 12.9. The molecule has 0 N–H and O–H groups in total. The van der Waals surface area contributed by atoms with E-state index in [-0.39, 0.29) is 29.4 Å². The van der Waals surface area contributed by atoms with Crippen LogP contribution in [0.3, 0.4) is 0 Å². The molecule has 2 aromatic rings. The van der Waals surface area contributed by atoms with Gasteiger partial charge in [-0.25, -0.2) is 8.42 Å². The van der Waals surface area contributed by atoms with E-state index in [2.05, 4.69) is 10.1 Å². The van der Waals surface area contributed by atoms with Crippen LogP contribution < -0.4 is 0 Å². The molecule has 2 aliphatic heterocycles. The van der Waals surface area contributed by atoms with Gasteiger partial charge in [0.1, 0.15) is 15.9 Å². The summed E-state index contributed by atoms with van der Waals surface area (Å²) in [6.07, 6.45) is 2.48. The zero-order valence-corrected chi connectivity index (χ0v) is 15.2. The van der Waals surface area contributed by atoms with Crippen molar-refractivity contribution in [3.05, 3.63) is 36.2 Å². The second-order valence-electron chi connectivity index (χ2n) is 6.94. The van der Waals surface area contributed by atoms with Crippen molar-refractivity contribution in [2.45, 2.75) is 31.7 Å². The third-order valence-electron chi connectivity index (χ3n) is 5.20. The average Bonchev–Trinajstić information content (AvgIpc) is 3.31. The number of aromatic nitrogens is 2. The maximum Gasteiger partial charge on any atom is 0.249 e. The lowest BCUT2D eigenvalue weighted by Gasteiger charge is -2.29. The van der Waals surface area contributed by atoms with Gasteiger partial charge in [0.2, 0.25) is 17.6 Å². The minimum absolute atomic E-state index is 0.0156. The number of rotatable bonds is 3. The molecule has 26 heavy (non-hydrogen) atoms. The zero-order chi connectivity index (χ0) is 18.1. The van der Waals surface area contributed by atoms with Crippen LogP contribution in [0.1, 0.15) is 37.6 Å². The normalized spacial score (nSPS) is 23.2. The fourth-order valence-electron chi connectivity index (χ4n) is 3.73. The van der Waals surface area contributed by atoms with E-state index in [1.54, 1.807) is 4.90 Å². The van der Waals surface area contributed by atoms with Gasteiger partial charge in [-0.1, -0.05) is 35.5 Å². The van der Waals surface area contributed by atoms with Crippen LogP contribution in [-0.2, 0) is 14.6 Å². The quantitative estimate of drug-likeness (QED) is 0.817. The topological polar surface area (TPSA) is 93.4 Å². The third kappa shape index (κ3) is 3.38. The number of carbonyl (C=O) groups is 1. The van der Waals surface area contributed by atoms with Crippen molar-refractivity contribution < 1.29 is 17.7 Å². The summed E-state index contributed by atoms with van der Waals surface area (Å²) >= 11 is 0. The second-order valence-corrected chi connectivity index (χ2v) is 9.24. The van der Waals surface area contributed by atoms with Crippen LogP contribution in [-0.4, -0.2) is 47.4 Å². The lowest BCUT2D eigenvalue weighted by molar-refractivity contribution is -0.137. The average molecular weight is 375 g/mol. The SMILES string of the molecule is O=C(C1CCS(=O)(=O)CC1)N1CCCC1c1nc(-c2ccccc2)no1. The molecule has 8 heteroatoms. The highest BCUT2D eigenvalue weighted by atomic mass is 32.2. The van der Waals surface area contributed by atoms with E-state index in [0.29, 0.717) is 31.1 Å². The molecule has 4 rings (SSSR count). The van der Waals surface area contributed by atoms with E-state index in [1.165, 1.54) is 0 Å². The molecule has 1 aromatic heterocycles. The molecule has 1 aromatic carbocycles. The van der Waals surface area contributed by atoms with Gasteiger partial charge in [0, 0.05) is 18.0 Å². The van der Waals surface area contributed by atoms with Gasteiger partial charge in [-0.3, -0.25) is 4.79 Å². The molecule has 0 spiro atoms. The van der Waals surface area contributed by atoms with E-state index >= 15 is 0 Å². The standard InChI is InChI=1S/C18H21N3O4S/c22-18(14-8-11-26(23,24)12-9-14)21-10-4-7-15(21)17-19-16(20-25-17)13-5-2-1-3-6-13/h1-3,5-6,14-15H,4,7-12H2. The predicted molar refractivity (Wildman–Crippen MR) is 94.8 cm³/mol. The first kappa shape index (κ1) is 17.2. The van der Waals surface area contributed by atoms with Gasteiger partial charge in [-0.15, -0.1) is 0 Å². The Morgan fingerprint density at radius 3 is 2.58 bits per heavy atom. The Morgan fingerprint density at radius 2 is 1.85 bits per heavy atom. The Morgan fingerprint density at radius 1 is 1.12 bits per heavy atom. The van der Waals surface area contributed by atoms with Crippen LogP contribution in [0.5, 0.6) is 0 Å². The summed E-state index contributed by atoms with van der Waals surface area (Å²) in [5, 5.41) is 4.05. The minimum atomic E-state index is -2.98. The Hall–Kier alpha value is -2.22. The Bertz CT molecular complexity index is 880. The van der Waals surface area contributed by atoms with Gasteiger partial charge in [0.25, 0.3) is 0 Å². The highest BCUT2D eigenvalue weighted by molar-refractivity contribution is 7.91. The zero-order valence-electron chi connectivity index (χ0n) is 14.4. The molecule has 3 heterocycles. The summed E-state index contributed by atoms with van der Waals surface area (Å²) in [6.45, 7) is 0.649. The van der Waals surface area contributed by atoms with Crippen molar-refractivity contribution in [2.75, 3.05) is 18.1 Å². The summed E-state index contributed by atoms with van der Waals surface area (Å²) in [5.74, 6) is 0.959. The van der Waals surface area contributed by atoms with Crippen molar-refractivity contribution in [2.24, 2.45) is 5.92 Å². The molecular weight excluding hydrogens is 354 g/mol. The van der Waals surface area contributed by atoms with Gasteiger partial charge in [-0.2, -0.15) is 4.98 Å². The lowest BCUT2D eigenvalue weighted by Crippen LogP contribution is -2.39. The number of benzene rings is 1. The number of hydrogen-bond donors (Lipinski definition) is 0. The second kappa shape index (κ2) is 6.83. The van der Waals surface area contributed by atoms with Gasteiger partial charge >= 0.3 is 0 Å². The van der Waals surface area contributed by atoms with Crippen LogP contribution in [0.4, 0.5) is 0 Å². The minimum Gasteiger partial charge on any atom is -0.337 e. The third-order valence-corrected chi connectivity index (χ3v) is 6.91. The Balaban J connectivity index is 1.50. The summed E-state index contributed by atoms with van der Waals surface area (Å²) in [5.41, 5.74) is 0.871. The predicted octanol–water partition coefficient (Wildman–Crippen LogP) is 2.22. The number of hydrogen-bond acceptors (Lipinski definition) is 6. The molecule has 2 aliphatic rings. The molecule has 0 bridgehead atoms. The first-order valence-corrected chi connectivity index (χ1v) is 10.8. The highest BCUT2D eigenvalue weighted by Gasteiger charge is 2.38. The molecule has 1 amide bonds. The first-order chi connectivity index (χ1) is 12.5. The number of amides is 1. The number of likely N-dealkylation sites (tertiary alicyclic amines) is 1. The summed E-state index contributed by atoms with van der Waals surface area (Å²) < 4.78 is 28.7. The smallest absolute Gasteiger partial charge is 0.249 e. The van der Waals surface area contributed by atoms with E-state index in [0.717, 1.165) is 18.4 Å². The molecule has 0 saturated carbocycles. The monoisotopic (exact) mass is 375 g/mol. The van der Waals surface area contributed by atoms with Crippen molar-refractivity contribution in [1.82, 2.24) is 15.0 Å². The van der Waals surface area contributed by atoms with Gasteiger partial charge in [0.05, 0.1) is 11.5 Å². The van der Waals surface area contributed by atoms with Crippen molar-refractivity contribution in [3.63, 3.8) is 0 Å². The van der Waals surface area contributed by atoms with Crippen LogP contribution in [0, 0.1) is 5.92 Å². The summed E-state index contributed by atoms with van der Waals surface area (Å²) in [7, 11) is -2.98. The van der Waals surface area contributed by atoms with E-state index < -0.39 is 9.84 Å². The molecule has 7 nitrogen and oxygen atoms in total. The van der Waals surface area contributed by atoms with Crippen molar-refractivity contribution in [1.29, 1.82) is 0 Å². The van der Waals surface area contributed by atoms with Gasteiger partial charge in [0.15, 0.2) is 0 Å². The Labute approximate surface area is 152 Å². The molecule has 2 fully saturated rings. The highest BCUT2D eigenvalue weighted by Crippen LogP contribution is 2.34.